The Morgan fingerprint density at radius 3 is 1.98 bits per heavy atom. The van der Waals surface area contributed by atoms with E-state index in [1.54, 1.807) is 0 Å². The van der Waals surface area contributed by atoms with Gasteiger partial charge in [-0.3, -0.25) is 4.79 Å². The second-order valence-corrected chi connectivity index (χ2v) is 13.9. The molecule has 5 rings (SSSR count). The molecule has 0 saturated carbocycles. The minimum Gasteiger partial charge on any atom is -0.385 e. The van der Waals surface area contributed by atoms with Crippen molar-refractivity contribution in [2.75, 3.05) is 66.5 Å². The van der Waals surface area contributed by atoms with Gasteiger partial charge in [0.15, 0.2) is 0 Å². The lowest BCUT2D eigenvalue weighted by atomic mass is 9.71. The summed E-state index contributed by atoms with van der Waals surface area (Å²) < 4.78 is 0. The van der Waals surface area contributed by atoms with Crippen LogP contribution in [0.15, 0.2) is 84.9 Å². The number of likely N-dealkylation sites (tertiary alicyclic amines) is 2. The van der Waals surface area contributed by atoms with E-state index in [9.17, 15) is 9.90 Å². The van der Waals surface area contributed by atoms with Gasteiger partial charge in [-0.05, 0) is 101 Å². The number of hydrogen-bond acceptors (Lipinski definition) is 5. The van der Waals surface area contributed by atoms with Gasteiger partial charge in [-0.2, -0.15) is 0 Å². The third-order valence-electron chi connectivity index (χ3n) is 10.2. The molecule has 3 aromatic rings. The Kier molecular flexibility index (Phi) is 11.7. The largest absolute Gasteiger partial charge is 0.385 e. The lowest BCUT2D eigenvalue weighted by molar-refractivity contribution is -0.126. The zero-order valence-corrected chi connectivity index (χ0v) is 27.9. The highest BCUT2D eigenvalue weighted by molar-refractivity contribution is 6.30. The van der Waals surface area contributed by atoms with E-state index in [1.807, 2.05) is 24.3 Å². The molecule has 0 aromatic heterocycles. The summed E-state index contributed by atoms with van der Waals surface area (Å²) in [6.45, 7) is 7.32. The van der Waals surface area contributed by atoms with Crippen LogP contribution >= 0.6 is 11.6 Å². The first-order valence-electron chi connectivity index (χ1n) is 16.7. The smallest absolute Gasteiger partial charge is 0.223 e. The summed E-state index contributed by atoms with van der Waals surface area (Å²) in [5.41, 5.74) is 2.31. The zero-order chi connectivity index (χ0) is 31.7. The van der Waals surface area contributed by atoms with E-state index in [-0.39, 0.29) is 17.2 Å². The van der Waals surface area contributed by atoms with Gasteiger partial charge in [0.2, 0.25) is 5.91 Å². The minimum atomic E-state index is -0.800. The van der Waals surface area contributed by atoms with E-state index in [4.69, 9.17) is 11.6 Å². The van der Waals surface area contributed by atoms with Gasteiger partial charge in [-0.1, -0.05) is 84.4 Å². The van der Waals surface area contributed by atoms with Crippen LogP contribution in [0.3, 0.4) is 0 Å². The number of hydrogen-bond donors (Lipinski definition) is 2. The summed E-state index contributed by atoms with van der Waals surface area (Å²) in [5, 5.41) is 15.5. The summed E-state index contributed by atoms with van der Waals surface area (Å²) >= 11 is 6.09. The summed E-state index contributed by atoms with van der Waals surface area (Å²) in [5.74, 6) is 0.258. The molecule has 242 valence electrons. The highest BCUT2D eigenvalue weighted by Crippen LogP contribution is 2.38. The normalized spacial score (nSPS) is 18.2. The Morgan fingerprint density at radius 1 is 0.867 bits per heavy atom. The Balaban J connectivity index is 1.24. The number of aliphatic hydroxyl groups is 1. The van der Waals surface area contributed by atoms with Crippen LogP contribution in [0.25, 0.3) is 0 Å². The van der Waals surface area contributed by atoms with Gasteiger partial charge in [-0.25, -0.2) is 0 Å². The van der Waals surface area contributed by atoms with Crippen molar-refractivity contribution >= 4 is 17.5 Å². The SMILES string of the molecule is CN(C)CCN1CCC(C(=O)NCC(CCCN2CCC(O)(c3ccc(Cl)cc3)CC2)(c2ccccc2)c2ccccc2)CC1. The lowest BCUT2D eigenvalue weighted by Crippen LogP contribution is -2.47. The third-order valence-corrected chi connectivity index (χ3v) is 10.4. The molecule has 0 aliphatic carbocycles. The van der Waals surface area contributed by atoms with Crippen LogP contribution in [-0.4, -0.2) is 92.2 Å². The van der Waals surface area contributed by atoms with Gasteiger partial charge in [0.05, 0.1) is 5.60 Å². The summed E-state index contributed by atoms with van der Waals surface area (Å²) in [6.07, 6.45) is 5.16. The van der Waals surface area contributed by atoms with E-state index in [0.29, 0.717) is 24.4 Å². The summed E-state index contributed by atoms with van der Waals surface area (Å²) in [6, 6.07) is 29.1. The van der Waals surface area contributed by atoms with Crippen molar-refractivity contribution in [1.29, 1.82) is 0 Å². The molecule has 1 amide bonds. The number of carbonyl (C=O) groups is 1. The first-order chi connectivity index (χ1) is 21.8. The summed E-state index contributed by atoms with van der Waals surface area (Å²) in [7, 11) is 4.22. The fraction of sp³-hybridized carbons (Fsp3) is 0.500. The second-order valence-electron chi connectivity index (χ2n) is 13.4. The van der Waals surface area contributed by atoms with Crippen LogP contribution in [0.5, 0.6) is 0 Å². The molecule has 45 heavy (non-hydrogen) atoms. The zero-order valence-electron chi connectivity index (χ0n) is 27.1. The fourth-order valence-electron chi connectivity index (χ4n) is 7.20. The van der Waals surface area contributed by atoms with Crippen LogP contribution < -0.4 is 5.32 Å². The molecule has 2 aliphatic rings. The van der Waals surface area contributed by atoms with Crippen molar-refractivity contribution in [1.82, 2.24) is 20.0 Å². The van der Waals surface area contributed by atoms with Gasteiger partial charge >= 0.3 is 0 Å². The predicted octanol–water partition coefficient (Wildman–Crippen LogP) is 5.78. The number of benzene rings is 3. The van der Waals surface area contributed by atoms with Crippen molar-refractivity contribution in [3.8, 4) is 0 Å². The van der Waals surface area contributed by atoms with Gasteiger partial charge in [0.1, 0.15) is 0 Å². The van der Waals surface area contributed by atoms with Crippen molar-refractivity contribution in [2.24, 2.45) is 5.92 Å². The molecule has 0 spiro atoms. The van der Waals surface area contributed by atoms with Crippen molar-refractivity contribution < 1.29 is 9.90 Å². The van der Waals surface area contributed by atoms with Crippen LogP contribution in [-0.2, 0) is 15.8 Å². The first kappa shape index (κ1) is 33.6. The van der Waals surface area contributed by atoms with Crippen molar-refractivity contribution in [3.63, 3.8) is 0 Å². The number of halogens is 1. The highest BCUT2D eigenvalue weighted by Gasteiger charge is 2.37. The van der Waals surface area contributed by atoms with Crippen LogP contribution in [0.2, 0.25) is 5.02 Å². The minimum absolute atomic E-state index is 0.0672. The average molecular weight is 631 g/mol. The number of amides is 1. The Bertz CT molecular complexity index is 1280. The Morgan fingerprint density at radius 2 is 1.42 bits per heavy atom. The van der Waals surface area contributed by atoms with Gasteiger partial charge in [0.25, 0.3) is 0 Å². The molecule has 2 heterocycles. The molecule has 7 heteroatoms. The number of carbonyl (C=O) groups excluding carboxylic acids is 1. The number of piperidine rings is 2. The lowest BCUT2D eigenvalue weighted by Gasteiger charge is -2.40. The predicted molar refractivity (Wildman–Crippen MR) is 185 cm³/mol. The fourth-order valence-corrected chi connectivity index (χ4v) is 7.33. The summed E-state index contributed by atoms with van der Waals surface area (Å²) in [4.78, 5) is 20.8. The van der Waals surface area contributed by atoms with E-state index in [1.165, 1.54) is 11.1 Å². The third kappa shape index (κ3) is 8.75. The molecule has 0 unspecified atom stereocenters. The monoisotopic (exact) mass is 630 g/mol. The molecule has 6 nitrogen and oxygen atoms in total. The number of nitrogens with zero attached hydrogens (tertiary/aromatic N) is 3. The maximum absolute atomic E-state index is 13.6. The molecule has 2 fully saturated rings. The van der Waals surface area contributed by atoms with Crippen LogP contribution in [0.4, 0.5) is 0 Å². The molecule has 2 aliphatic heterocycles. The molecular weight excluding hydrogens is 580 g/mol. The van der Waals surface area contributed by atoms with Gasteiger partial charge in [0, 0.05) is 49.1 Å². The van der Waals surface area contributed by atoms with Gasteiger partial charge in [-0.15, -0.1) is 0 Å². The Hall–Kier alpha value is -2.74. The molecule has 3 aromatic carbocycles. The average Bonchev–Trinajstić information content (AvgIpc) is 3.07. The standard InChI is InChI=1S/C38H51ClN4O2/c1-41(2)28-29-43-24-18-31(19-25-43)36(44)40-30-37(32-10-5-3-6-11-32,33-12-7-4-8-13-33)20-9-23-42-26-21-38(45,22-27-42)34-14-16-35(39)17-15-34/h3-8,10-17,31,45H,9,18-30H2,1-2H3,(H,40,44). The maximum atomic E-state index is 13.6. The number of rotatable bonds is 13. The second kappa shape index (κ2) is 15.7. The Labute approximate surface area is 275 Å². The molecular formula is C38H51ClN4O2. The number of nitrogens with one attached hydrogen (secondary N) is 1. The maximum Gasteiger partial charge on any atom is 0.223 e. The van der Waals surface area contributed by atoms with Gasteiger partial charge < -0.3 is 25.1 Å². The van der Waals surface area contributed by atoms with E-state index in [2.05, 4.69) is 94.8 Å². The molecule has 2 saturated heterocycles. The molecule has 2 N–H and O–H groups in total. The van der Waals surface area contributed by atoms with Crippen LogP contribution in [0, 0.1) is 5.92 Å². The molecule has 0 atom stereocenters. The highest BCUT2D eigenvalue weighted by atomic mass is 35.5. The topological polar surface area (TPSA) is 59.0 Å². The van der Waals surface area contributed by atoms with E-state index < -0.39 is 5.60 Å². The molecule has 0 radical (unpaired) electrons. The first-order valence-corrected chi connectivity index (χ1v) is 17.1. The van der Waals surface area contributed by atoms with Crippen LogP contribution in [0.1, 0.15) is 55.2 Å². The van der Waals surface area contributed by atoms with E-state index >= 15 is 0 Å². The van der Waals surface area contributed by atoms with Crippen molar-refractivity contribution in [2.45, 2.75) is 49.5 Å². The molecule has 0 bridgehead atoms. The quantitative estimate of drug-likeness (QED) is 0.251. The van der Waals surface area contributed by atoms with E-state index in [0.717, 1.165) is 77.1 Å². The number of likely N-dealkylation sites (N-methyl/N-ethyl adjacent to an activating group) is 1. The van der Waals surface area contributed by atoms with Crippen molar-refractivity contribution in [3.05, 3.63) is 107 Å².